The van der Waals surface area contributed by atoms with Crippen molar-refractivity contribution in [2.24, 2.45) is 5.92 Å². The summed E-state index contributed by atoms with van der Waals surface area (Å²) in [5.41, 5.74) is 0.825. The van der Waals surface area contributed by atoms with Crippen LogP contribution in [-0.2, 0) is 0 Å². The van der Waals surface area contributed by atoms with Crippen molar-refractivity contribution in [1.82, 2.24) is 10.2 Å². The van der Waals surface area contributed by atoms with Crippen LogP contribution in [0.5, 0.6) is 0 Å². The van der Waals surface area contributed by atoms with Crippen molar-refractivity contribution in [3.05, 3.63) is 48.0 Å². The minimum absolute atomic E-state index is 0.166. The molecular weight excluding hydrogens is 272 g/mol. The van der Waals surface area contributed by atoms with Crippen LogP contribution >= 0.6 is 0 Å². The van der Waals surface area contributed by atoms with Crippen molar-refractivity contribution >= 4 is 16.7 Å². The lowest BCUT2D eigenvalue weighted by atomic mass is 10.0. The number of fused-ring (bicyclic) bond motifs is 1. The fraction of sp³-hybridized carbons (Fsp3) is 0.421. The summed E-state index contributed by atoms with van der Waals surface area (Å²) in [6.45, 7) is 7.07. The quantitative estimate of drug-likeness (QED) is 0.939. The summed E-state index contributed by atoms with van der Waals surface area (Å²) in [6.07, 6.45) is 1.04. The Bertz CT molecular complexity index is 654. The maximum atomic E-state index is 13.2. The van der Waals surface area contributed by atoms with Gasteiger partial charge in [-0.25, -0.2) is 0 Å². The number of amides is 1. The molecule has 1 amide bonds. The Hall–Kier alpha value is -1.87. The highest BCUT2D eigenvalue weighted by atomic mass is 16.2. The maximum Gasteiger partial charge on any atom is 0.254 e. The molecule has 1 N–H and O–H groups in total. The first-order chi connectivity index (χ1) is 10.7. The van der Waals surface area contributed by atoms with Crippen molar-refractivity contribution < 1.29 is 4.79 Å². The largest absolute Gasteiger partial charge is 0.334 e. The molecule has 0 saturated carbocycles. The minimum Gasteiger partial charge on any atom is -0.334 e. The first-order valence-corrected chi connectivity index (χ1v) is 8.16. The normalized spacial score (nSPS) is 18.0. The van der Waals surface area contributed by atoms with E-state index in [1.54, 1.807) is 0 Å². The van der Waals surface area contributed by atoms with Crippen LogP contribution in [0.3, 0.4) is 0 Å². The fourth-order valence-electron chi connectivity index (χ4n) is 3.26. The summed E-state index contributed by atoms with van der Waals surface area (Å²) >= 11 is 0. The van der Waals surface area contributed by atoms with E-state index in [9.17, 15) is 4.79 Å². The van der Waals surface area contributed by atoms with E-state index in [0.717, 1.165) is 42.4 Å². The number of benzene rings is 2. The van der Waals surface area contributed by atoms with Crippen LogP contribution in [0.4, 0.5) is 0 Å². The van der Waals surface area contributed by atoms with E-state index in [4.69, 9.17) is 0 Å². The number of rotatable bonds is 4. The smallest absolute Gasteiger partial charge is 0.254 e. The molecular formula is C19H24N2O. The lowest BCUT2D eigenvalue weighted by Gasteiger charge is -2.30. The molecule has 3 nitrogen and oxygen atoms in total. The molecule has 0 bridgehead atoms. The third-order valence-electron chi connectivity index (χ3n) is 4.32. The summed E-state index contributed by atoms with van der Waals surface area (Å²) in [7, 11) is 0. The topological polar surface area (TPSA) is 32.3 Å². The van der Waals surface area contributed by atoms with Gasteiger partial charge in [-0.2, -0.15) is 0 Å². The fourth-order valence-corrected chi connectivity index (χ4v) is 3.26. The van der Waals surface area contributed by atoms with Crippen LogP contribution in [0.25, 0.3) is 10.8 Å². The second-order valence-corrected chi connectivity index (χ2v) is 6.52. The Morgan fingerprint density at radius 2 is 2.00 bits per heavy atom. The van der Waals surface area contributed by atoms with Crippen LogP contribution in [0.15, 0.2) is 42.5 Å². The summed E-state index contributed by atoms with van der Waals surface area (Å²) in [6, 6.07) is 14.5. The monoisotopic (exact) mass is 296 g/mol. The highest BCUT2D eigenvalue weighted by molar-refractivity contribution is 6.07. The summed E-state index contributed by atoms with van der Waals surface area (Å²) in [5, 5.41) is 5.55. The molecule has 0 spiro atoms. The molecule has 0 radical (unpaired) electrons. The summed E-state index contributed by atoms with van der Waals surface area (Å²) < 4.78 is 0. The van der Waals surface area contributed by atoms with E-state index in [1.807, 2.05) is 30.3 Å². The molecule has 22 heavy (non-hydrogen) atoms. The lowest BCUT2D eigenvalue weighted by molar-refractivity contribution is 0.0669. The molecule has 1 aliphatic heterocycles. The molecule has 1 aliphatic rings. The van der Waals surface area contributed by atoms with Crippen LogP contribution in [0, 0.1) is 5.92 Å². The molecule has 2 aromatic carbocycles. The van der Waals surface area contributed by atoms with Gasteiger partial charge in [-0.1, -0.05) is 50.2 Å². The van der Waals surface area contributed by atoms with Crippen LogP contribution in [-0.4, -0.2) is 36.5 Å². The number of nitrogens with one attached hydrogen (secondary N) is 1. The first kappa shape index (κ1) is 15.0. The number of hydrogen-bond acceptors (Lipinski definition) is 2. The Balaban J connectivity index is 1.97. The molecule has 0 aliphatic carbocycles. The van der Waals surface area contributed by atoms with Gasteiger partial charge in [0.1, 0.15) is 0 Å². The predicted octanol–water partition coefficient (Wildman–Crippen LogP) is 3.30. The predicted molar refractivity (Wildman–Crippen MR) is 91.1 cm³/mol. The van der Waals surface area contributed by atoms with Crippen molar-refractivity contribution in [3.63, 3.8) is 0 Å². The van der Waals surface area contributed by atoms with Gasteiger partial charge >= 0.3 is 0 Å². The Morgan fingerprint density at radius 3 is 2.73 bits per heavy atom. The molecule has 1 saturated heterocycles. The average molecular weight is 296 g/mol. The van der Waals surface area contributed by atoms with E-state index in [2.05, 4.69) is 36.2 Å². The van der Waals surface area contributed by atoms with E-state index in [0.29, 0.717) is 12.0 Å². The maximum absolute atomic E-state index is 13.2. The summed E-state index contributed by atoms with van der Waals surface area (Å²) in [4.78, 5) is 15.3. The van der Waals surface area contributed by atoms with Crippen LogP contribution in [0.1, 0.15) is 30.6 Å². The van der Waals surface area contributed by atoms with Gasteiger partial charge in [0, 0.05) is 24.7 Å². The van der Waals surface area contributed by atoms with Crippen LogP contribution < -0.4 is 5.32 Å². The minimum atomic E-state index is 0.166. The van der Waals surface area contributed by atoms with Gasteiger partial charge < -0.3 is 10.2 Å². The number of carbonyl (C=O) groups excluding carboxylic acids is 1. The molecule has 1 fully saturated rings. The van der Waals surface area contributed by atoms with Crippen molar-refractivity contribution in [1.29, 1.82) is 0 Å². The van der Waals surface area contributed by atoms with Crippen molar-refractivity contribution in [3.8, 4) is 0 Å². The van der Waals surface area contributed by atoms with Crippen molar-refractivity contribution in [2.45, 2.75) is 26.3 Å². The van der Waals surface area contributed by atoms with Gasteiger partial charge in [-0.05, 0) is 35.7 Å². The zero-order valence-corrected chi connectivity index (χ0v) is 13.4. The molecule has 116 valence electrons. The summed E-state index contributed by atoms with van der Waals surface area (Å²) in [5.74, 6) is 0.638. The number of hydrogen-bond donors (Lipinski definition) is 1. The van der Waals surface area contributed by atoms with Gasteiger partial charge in [-0.15, -0.1) is 0 Å². The lowest BCUT2D eigenvalue weighted by Crippen LogP contribution is -2.43. The van der Waals surface area contributed by atoms with E-state index < -0.39 is 0 Å². The SMILES string of the molecule is CC(C)CN(C(=O)c1cccc2ccccc12)C1CCNC1. The third kappa shape index (κ3) is 3.00. The molecule has 1 heterocycles. The van der Waals surface area contributed by atoms with Gasteiger partial charge in [0.15, 0.2) is 0 Å². The van der Waals surface area contributed by atoms with E-state index >= 15 is 0 Å². The van der Waals surface area contributed by atoms with Gasteiger partial charge in [0.05, 0.1) is 0 Å². The van der Waals surface area contributed by atoms with E-state index in [1.165, 1.54) is 0 Å². The van der Waals surface area contributed by atoms with Crippen LogP contribution in [0.2, 0.25) is 0 Å². The second kappa shape index (κ2) is 6.49. The number of nitrogens with zero attached hydrogens (tertiary/aromatic N) is 1. The van der Waals surface area contributed by atoms with Crippen molar-refractivity contribution in [2.75, 3.05) is 19.6 Å². The van der Waals surface area contributed by atoms with E-state index in [-0.39, 0.29) is 5.91 Å². The molecule has 2 aromatic rings. The zero-order chi connectivity index (χ0) is 15.5. The number of carbonyl (C=O) groups is 1. The Kier molecular flexibility index (Phi) is 4.44. The van der Waals surface area contributed by atoms with Gasteiger partial charge in [0.25, 0.3) is 5.91 Å². The molecule has 1 unspecified atom stereocenters. The van der Waals surface area contributed by atoms with Gasteiger partial charge in [0.2, 0.25) is 0 Å². The average Bonchev–Trinajstić information content (AvgIpc) is 3.05. The van der Waals surface area contributed by atoms with Gasteiger partial charge in [-0.3, -0.25) is 4.79 Å². The first-order valence-electron chi connectivity index (χ1n) is 8.16. The second-order valence-electron chi connectivity index (χ2n) is 6.52. The Morgan fingerprint density at radius 1 is 1.23 bits per heavy atom. The Labute approximate surface area is 132 Å². The standard InChI is InChI=1S/C19H24N2O/c1-14(2)13-21(16-10-11-20-12-16)19(22)18-9-5-7-15-6-3-4-8-17(15)18/h3-9,14,16,20H,10-13H2,1-2H3. The molecule has 3 heteroatoms. The highest BCUT2D eigenvalue weighted by Crippen LogP contribution is 2.22. The molecule has 3 rings (SSSR count). The zero-order valence-electron chi connectivity index (χ0n) is 13.4. The third-order valence-corrected chi connectivity index (χ3v) is 4.32. The highest BCUT2D eigenvalue weighted by Gasteiger charge is 2.28. The molecule has 0 aromatic heterocycles. The molecule has 1 atom stereocenters.